The Balaban J connectivity index is 1.76. The highest BCUT2D eigenvalue weighted by molar-refractivity contribution is 9.10. The van der Waals surface area contributed by atoms with Gasteiger partial charge >= 0.3 is 0 Å². The third-order valence-corrected chi connectivity index (χ3v) is 4.49. The first kappa shape index (κ1) is 13.3. The first-order valence-electron chi connectivity index (χ1n) is 5.98. The normalized spacial score (nSPS) is 24.2. The predicted molar refractivity (Wildman–Crippen MR) is 74.2 cm³/mol. The highest BCUT2D eigenvalue weighted by Crippen LogP contribution is 2.25. The zero-order valence-corrected chi connectivity index (χ0v) is 12.0. The van der Waals surface area contributed by atoms with Gasteiger partial charge in [-0.25, -0.2) is 0 Å². The van der Waals surface area contributed by atoms with Crippen molar-refractivity contribution in [1.29, 1.82) is 0 Å². The van der Waals surface area contributed by atoms with Crippen molar-refractivity contribution in [3.8, 4) is 0 Å². The average Bonchev–Trinajstić information content (AvgIpc) is 2.70. The summed E-state index contributed by atoms with van der Waals surface area (Å²) in [5, 5.41) is 13.6. The molecule has 2 rings (SSSR count). The van der Waals surface area contributed by atoms with Crippen LogP contribution in [0.2, 0.25) is 5.02 Å². The summed E-state index contributed by atoms with van der Waals surface area (Å²) in [5.41, 5.74) is 1.19. The molecule has 0 radical (unpaired) electrons. The highest BCUT2D eigenvalue weighted by Gasteiger charge is 2.21. The summed E-state index contributed by atoms with van der Waals surface area (Å²) < 4.78 is 0.932. The topological polar surface area (TPSA) is 32.3 Å². The van der Waals surface area contributed by atoms with Crippen molar-refractivity contribution in [3.05, 3.63) is 33.3 Å². The Labute approximate surface area is 115 Å². The maximum Gasteiger partial charge on any atom is 0.0551 e. The molecular formula is C13H17BrClNO. The smallest absolute Gasteiger partial charge is 0.0551 e. The molecule has 94 valence electrons. The van der Waals surface area contributed by atoms with E-state index in [1.54, 1.807) is 0 Å². The third-order valence-electron chi connectivity index (χ3n) is 3.26. The summed E-state index contributed by atoms with van der Waals surface area (Å²) in [4.78, 5) is 0. The number of aliphatic hydroxyl groups excluding tert-OH is 1. The van der Waals surface area contributed by atoms with Gasteiger partial charge in [0.1, 0.15) is 0 Å². The van der Waals surface area contributed by atoms with Crippen LogP contribution in [0.3, 0.4) is 0 Å². The van der Waals surface area contributed by atoms with Crippen molar-refractivity contribution in [3.63, 3.8) is 0 Å². The van der Waals surface area contributed by atoms with Crippen LogP contribution in [-0.2, 0) is 6.54 Å². The van der Waals surface area contributed by atoms with Crippen LogP contribution >= 0.6 is 27.5 Å². The molecule has 2 N–H and O–H groups in total. The fourth-order valence-corrected chi connectivity index (χ4v) is 2.75. The van der Waals surface area contributed by atoms with Crippen molar-refractivity contribution >= 4 is 27.5 Å². The molecule has 2 atom stereocenters. The van der Waals surface area contributed by atoms with Crippen molar-refractivity contribution in [2.45, 2.75) is 31.9 Å². The van der Waals surface area contributed by atoms with Gasteiger partial charge in [-0.2, -0.15) is 0 Å². The molecule has 0 amide bonds. The second-order valence-electron chi connectivity index (χ2n) is 4.71. The van der Waals surface area contributed by atoms with Crippen molar-refractivity contribution in [2.75, 3.05) is 6.54 Å². The van der Waals surface area contributed by atoms with Crippen LogP contribution in [0.1, 0.15) is 24.8 Å². The molecule has 0 aliphatic heterocycles. The van der Waals surface area contributed by atoms with Crippen LogP contribution in [0.4, 0.5) is 0 Å². The van der Waals surface area contributed by atoms with Gasteiger partial charge in [-0.15, -0.1) is 0 Å². The number of hydrogen-bond acceptors (Lipinski definition) is 2. The van der Waals surface area contributed by atoms with Crippen molar-refractivity contribution < 1.29 is 5.11 Å². The SMILES string of the molecule is OC1CCC(CNCc2ccc(Br)c(Cl)c2)C1. The molecule has 0 aromatic heterocycles. The van der Waals surface area contributed by atoms with E-state index < -0.39 is 0 Å². The minimum atomic E-state index is -0.0797. The van der Waals surface area contributed by atoms with Crippen LogP contribution in [-0.4, -0.2) is 17.8 Å². The van der Waals surface area contributed by atoms with Crippen LogP contribution < -0.4 is 5.32 Å². The minimum Gasteiger partial charge on any atom is -0.393 e. The standard InChI is InChI=1S/C13H17BrClNO/c14-12-4-2-10(6-13(12)15)8-16-7-9-1-3-11(17)5-9/h2,4,6,9,11,16-17H,1,3,5,7-8H2. The second kappa shape index (κ2) is 6.19. The Morgan fingerprint density at radius 2 is 2.24 bits per heavy atom. The summed E-state index contributed by atoms with van der Waals surface area (Å²) in [6, 6.07) is 6.01. The second-order valence-corrected chi connectivity index (χ2v) is 5.97. The van der Waals surface area contributed by atoms with Gasteiger partial charge in [-0.3, -0.25) is 0 Å². The van der Waals surface area contributed by atoms with E-state index in [-0.39, 0.29) is 6.10 Å². The number of benzene rings is 1. The molecule has 0 heterocycles. The molecule has 2 unspecified atom stereocenters. The van der Waals surface area contributed by atoms with Crippen LogP contribution in [0.15, 0.2) is 22.7 Å². The van der Waals surface area contributed by atoms with Gasteiger partial charge in [-0.05, 0) is 65.4 Å². The molecule has 4 heteroatoms. The van der Waals surface area contributed by atoms with E-state index in [0.717, 1.165) is 41.8 Å². The molecule has 1 aromatic carbocycles. The molecule has 1 saturated carbocycles. The summed E-state index contributed by atoms with van der Waals surface area (Å²) in [6.45, 7) is 1.81. The van der Waals surface area contributed by atoms with Crippen LogP contribution in [0, 0.1) is 5.92 Å². The molecular weight excluding hydrogens is 302 g/mol. The molecule has 0 bridgehead atoms. The lowest BCUT2D eigenvalue weighted by Gasteiger charge is -2.11. The van der Waals surface area contributed by atoms with E-state index in [1.807, 2.05) is 12.1 Å². The first-order valence-corrected chi connectivity index (χ1v) is 7.15. The molecule has 0 spiro atoms. The predicted octanol–water partition coefficient (Wildman–Crippen LogP) is 3.35. The Bertz CT molecular complexity index is 386. The van der Waals surface area contributed by atoms with Crippen LogP contribution in [0.25, 0.3) is 0 Å². The summed E-state index contributed by atoms with van der Waals surface area (Å²) in [6.07, 6.45) is 2.95. The van der Waals surface area contributed by atoms with Crippen molar-refractivity contribution in [2.24, 2.45) is 5.92 Å². The van der Waals surface area contributed by atoms with Gasteiger partial charge < -0.3 is 10.4 Å². The molecule has 1 aromatic rings. The Morgan fingerprint density at radius 1 is 1.41 bits per heavy atom. The number of aliphatic hydroxyl groups is 1. The van der Waals surface area contributed by atoms with E-state index in [4.69, 9.17) is 11.6 Å². The van der Waals surface area contributed by atoms with E-state index >= 15 is 0 Å². The zero-order valence-electron chi connectivity index (χ0n) is 9.63. The fraction of sp³-hybridized carbons (Fsp3) is 0.538. The van der Waals surface area contributed by atoms with Crippen LogP contribution in [0.5, 0.6) is 0 Å². The summed E-state index contributed by atoms with van der Waals surface area (Å²) in [5.74, 6) is 0.621. The maximum atomic E-state index is 9.43. The molecule has 1 fully saturated rings. The Hall–Kier alpha value is -0.0900. The monoisotopic (exact) mass is 317 g/mol. The largest absolute Gasteiger partial charge is 0.393 e. The summed E-state index contributed by atoms with van der Waals surface area (Å²) >= 11 is 9.41. The van der Waals surface area contributed by atoms with E-state index in [1.165, 1.54) is 5.56 Å². The van der Waals surface area contributed by atoms with Gasteiger partial charge in [0, 0.05) is 11.0 Å². The Kier molecular flexibility index (Phi) is 4.86. The third kappa shape index (κ3) is 3.95. The van der Waals surface area contributed by atoms with Gasteiger partial charge in [-0.1, -0.05) is 17.7 Å². The fourth-order valence-electron chi connectivity index (χ4n) is 2.30. The Morgan fingerprint density at radius 3 is 2.88 bits per heavy atom. The molecule has 0 saturated heterocycles. The molecule has 1 aliphatic rings. The lowest BCUT2D eigenvalue weighted by Crippen LogP contribution is -2.21. The quantitative estimate of drug-likeness (QED) is 0.892. The van der Waals surface area contributed by atoms with E-state index in [0.29, 0.717) is 5.92 Å². The maximum absolute atomic E-state index is 9.43. The van der Waals surface area contributed by atoms with Crippen molar-refractivity contribution in [1.82, 2.24) is 5.32 Å². The van der Waals surface area contributed by atoms with E-state index in [9.17, 15) is 5.11 Å². The lowest BCUT2D eigenvalue weighted by molar-refractivity contribution is 0.177. The lowest BCUT2D eigenvalue weighted by atomic mass is 10.1. The number of halogens is 2. The number of rotatable bonds is 4. The minimum absolute atomic E-state index is 0.0797. The number of hydrogen-bond donors (Lipinski definition) is 2. The molecule has 2 nitrogen and oxygen atoms in total. The molecule has 1 aliphatic carbocycles. The van der Waals surface area contributed by atoms with Gasteiger partial charge in [0.05, 0.1) is 11.1 Å². The zero-order chi connectivity index (χ0) is 12.3. The average molecular weight is 319 g/mol. The molecule has 17 heavy (non-hydrogen) atoms. The van der Waals surface area contributed by atoms with Gasteiger partial charge in [0.25, 0.3) is 0 Å². The summed E-state index contributed by atoms with van der Waals surface area (Å²) in [7, 11) is 0. The van der Waals surface area contributed by atoms with E-state index in [2.05, 4.69) is 27.3 Å². The van der Waals surface area contributed by atoms with Gasteiger partial charge in [0.2, 0.25) is 0 Å². The first-order chi connectivity index (χ1) is 8.15. The van der Waals surface area contributed by atoms with Gasteiger partial charge in [0.15, 0.2) is 0 Å². The highest BCUT2D eigenvalue weighted by atomic mass is 79.9. The number of nitrogens with one attached hydrogen (secondary N) is 1.